The van der Waals surface area contributed by atoms with Crippen molar-refractivity contribution >= 4 is 5.91 Å². The second-order valence-corrected chi connectivity index (χ2v) is 4.53. The summed E-state index contributed by atoms with van der Waals surface area (Å²) in [5, 5.41) is 9.83. The monoisotopic (exact) mass is 238 g/mol. The van der Waals surface area contributed by atoms with Gasteiger partial charge in [-0.3, -0.25) is 4.79 Å². The van der Waals surface area contributed by atoms with Crippen LogP contribution in [0.4, 0.5) is 0 Å². The van der Waals surface area contributed by atoms with E-state index < -0.39 is 0 Å². The summed E-state index contributed by atoms with van der Waals surface area (Å²) in [5.74, 6) is 1.21. The number of carbonyl (C=O) groups excluding carboxylic acids is 1. The van der Waals surface area contributed by atoms with E-state index in [2.05, 4.69) is 27.7 Å². The molecule has 1 aliphatic rings. The molecule has 2 heterocycles. The molecular weight excluding hydrogens is 220 g/mol. The number of carbonyl (C=O) groups is 1. The smallest absolute Gasteiger partial charge is 0.246 e. The van der Waals surface area contributed by atoms with Crippen LogP contribution in [-0.2, 0) is 11.3 Å². The molecule has 0 radical (unpaired) electrons. The van der Waals surface area contributed by atoms with Gasteiger partial charge in [-0.15, -0.1) is 0 Å². The Kier molecular flexibility index (Phi) is 3.73. The molecule has 1 aliphatic heterocycles. The average molecular weight is 238 g/mol. The first kappa shape index (κ1) is 12.0. The summed E-state index contributed by atoms with van der Waals surface area (Å²) in [6, 6.07) is 0.408. The molecule has 0 spiro atoms. The van der Waals surface area contributed by atoms with Gasteiger partial charge < -0.3 is 15.2 Å². The lowest BCUT2D eigenvalue weighted by Crippen LogP contribution is -2.42. The van der Waals surface area contributed by atoms with Crippen LogP contribution >= 0.6 is 0 Å². The van der Waals surface area contributed by atoms with Gasteiger partial charge in [0.15, 0.2) is 5.82 Å². The van der Waals surface area contributed by atoms with Gasteiger partial charge in [-0.05, 0) is 33.2 Å². The summed E-state index contributed by atoms with van der Waals surface area (Å²) in [6.45, 7) is 5.07. The fourth-order valence-corrected chi connectivity index (χ4v) is 2.09. The number of hydrogen-bond donors (Lipinski definition) is 2. The zero-order valence-electron chi connectivity index (χ0n) is 10.2. The van der Waals surface area contributed by atoms with E-state index in [9.17, 15) is 4.79 Å². The number of rotatable bonds is 3. The van der Waals surface area contributed by atoms with Gasteiger partial charge in [-0.1, -0.05) is 5.16 Å². The van der Waals surface area contributed by atoms with Crippen molar-refractivity contribution in [2.75, 3.05) is 6.54 Å². The molecule has 1 saturated heterocycles. The number of amides is 1. The van der Waals surface area contributed by atoms with Gasteiger partial charge in [0, 0.05) is 12.0 Å². The highest BCUT2D eigenvalue weighted by Crippen LogP contribution is 2.16. The van der Waals surface area contributed by atoms with Crippen LogP contribution in [0.2, 0.25) is 0 Å². The molecule has 0 saturated carbocycles. The van der Waals surface area contributed by atoms with Crippen molar-refractivity contribution in [3.63, 3.8) is 0 Å². The predicted octanol–water partition coefficient (Wildman–Crippen LogP) is 0.382. The lowest BCUT2D eigenvalue weighted by Gasteiger charge is -2.26. The van der Waals surface area contributed by atoms with Crippen molar-refractivity contribution in [3.8, 4) is 0 Å². The second-order valence-electron chi connectivity index (χ2n) is 4.53. The van der Waals surface area contributed by atoms with Crippen LogP contribution in [0.15, 0.2) is 4.52 Å². The third-order valence-electron chi connectivity index (χ3n) is 2.98. The number of aryl methyl sites for hydroxylation is 1. The summed E-state index contributed by atoms with van der Waals surface area (Å²) in [7, 11) is 0. The molecule has 1 aromatic heterocycles. The average Bonchev–Trinajstić information content (AvgIpc) is 2.72. The van der Waals surface area contributed by atoms with Gasteiger partial charge >= 0.3 is 0 Å². The van der Waals surface area contributed by atoms with Gasteiger partial charge in [-0.2, -0.15) is 4.98 Å². The summed E-state index contributed by atoms with van der Waals surface area (Å²) < 4.78 is 4.93. The lowest BCUT2D eigenvalue weighted by atomic mass is 9.92. The van der Waals surface area contributed by atoms with Gasteiger partial charge in [0.1, 0.15) is 0 Å². The standard InChI is InChI=1S/C11H18N4O2/c1-7-5-9(3-4-12-7)11(16)13-6-10-14-8(2)15-17-10/h7,9,12H,3-6H2,1-2H3,(H,13,16). The molecule has 0 bridgehead atoms. The molecule has 0 aliphatic carbocycles. The Labute approximate surface area is 100 Å². The van der Waals surface area contributed by atoms with Crippen molar-refractivity contribution in [2.45, 2.75) is 39.3 Å². The van der Waals surface area contributed by atoms with E-state index in [1.165, 1.54) is 0 Å². The van der Waals surface area contributed by atoms with E-state index in [-0.39, 0.29) is 11.8 Å². The van der Waals surface area contributed by atoms with Crippen molar-refractivity contribution < 1.29 is 9.32 Å². The van der Waals surface area contributed by atoms with E-state index in [0.29, 0.717) is 24.3 Å². The minimum absolute atomic E-state index is 0.0780. The first-order valence-electron chi connectivity index (χ1n) is 5.95. The third kappa shape index (κ3) is 3.26. The van der Waals surface area contributed by atoms with Crippen molar-refractivity contribution in [1.29, 1.82) is 0 Å². The van der Waals surface area contributed by atoms with Crippen LogP contribution in [0.1, 0.15) is 31.5 Å². The molecule has 1 amide bonds. The van der Waals surface area contributed by atoms with Crippen molar-refractivity contribution in [3.05, 3.63) is 11.7 Å². The number of nitrogens with one attached hydrogen (secondary N) is 2. The Morgan fingerprint density at radius 2 is 2.47 bits per heavy atom. The molecule has 0 aromatic carbocycles. The summed E-state index contributed by atoms with van der Waals surface area (Å²) in [6.07, 6.45) is 1.77. The van der Waals surface area contributed by atoms with Gasteiger partial charge in [-0.25, -0.2) is 0 Å². The first-order chi connectivity index (χ1) is 8.15. The fraction of sp³-hybridized carbons (Fsp3) is 0.727. The Morgan fingerprint density at radius 3 is 3.12 bits per heavy atom. The van der Waals surface area contributed by atoms with Crippen LogP contribution in [0.5, 0.6) is 0 Å². The quantitative estimate of drug-likeness (QED) is 0.796. The van der Waals surface area contributed by atoms with Crippen LogP contribution in [-0.4, -0.2) is 28.6 Å². The number of aromatic nitrogens is 2. The second kappa shape index (κ2) is 5.27. The molecular formula is C11H18N4O2. The van der Waals surface area contributed by atoms with Crippen LogP contribution in [0.25, 0.3) is 0 Å². The molecule has 6 heteroatoms. The largest absolute Gasteiger partial charge is 0.347 e. The minimum Gasteiger partial charge on any atom is -0.347 e. The van der Waals surface area contributed by atoms with Gasteiger partial charge in [0.05, 0.1) is 6.54 Å². The van der Waals surface area contributed by atoms with Gasteiger partial charge in [0.25, 0.3) is 0 Å². The lowest BCUT2D eigenvalue weighted by molar-refractivity contribution is -0.126. The summed E-state index contributed by atoms with van der Waals surface area (Å²) in [5.41, 5.74) is 0. The molecule has 1 aromatic rings. The summed E-state index contributed by atoms with van der Waals surface area (Å²) >= 11 is 0. The Balaban J connectivity index is 1.80. The molecule has 6 nitrogen and oxygen atoms in total. The topological polar surface area (TPSA) is 80.0 Å². The molecule has 2 rings (SSSR count). The van der Waals surface area contributed by atoms with E-state index in [1.807, 2.05) is 0 Å². The summed E-state index contributed by atoms with van der Waals surface area (Å²) in [4.78, 5) is 15.9. The van der Waals surface area contributed by atoms with Crippen molar-refractivity contribution in [1.82, 2.24) is 20.8 Å². The zero-order valence-corrected chi connectivity index (χ0v) is 10.2. The molecule has 94 valence electrons. The Hall–Kier alpha value is -1.43. The minimum atomic E-state index is 0.0780. The van der Waals surface area contributed by atoms with E-state index >= 15 is 0 Å². The number of hydrogen-bond acceptors (Lipinski definition) is 5. The molecule has 17 heavy (non-hydrogen) atoms. The van der Waals surface area contributed by atoms with Crippen LogP contribution in [0, 0.1) is 12.8 Å². The van der Waals surface area contributed by atoms with Gasteiger partial charge in [0.2, 0.25) is 11.8 Å². The number of nitrogens with zero attached hydrogens (tertiary/aromatic N) is 2. The SMILES string of the molecule is Cc1noc(CNC(=O)C2CCNC(C)C2)n1. The highest BCUT2D eigenvalue weighted by molar-refractivity contribution is 5.78. The molecule has 1 fully saturated rings. The number of piperidine rings is 1. The van der Waals surface area contributed by atoms with Crippen LogP contribution in [0.3, 0.4) is 0 Å². The molecule has 2 unspecified atom stereocenters. The fourth-order valence-electron chi connectivity index (χ4n) is 2.09. The first-order valence-corrected chi connectivity index (χ1v) is 5.95. The van der Waals surface area contributed by atoms with Crippen LogP contribution < -0.4 is 10.6 Å². The molecule has 2 atom stereocenters. The van der Waals surface area contributed by atoms with E-state index in [0.717, 1.165) is 19.4 Å². The highest BCUT2D eigenvalue weighted by Gasteiger charge is 2.24. The van der Waals surface area contributed by atoms with E-state index in [1.54, 1.807) is 6.92 Å². The zero-order chi connectivity index (χ0) is 12.3. The highest BCUT2D eigenvalue weighted by atomic mass is 16.5. The molecule has 2 N–H and O–H groups in total. The normalized spacial score (nSPS) is 24.6. The maximum Gasteiger partial charge on any atom is 0.246 e. The third-order valence-corrected chi connectivity index (χ3v) is 2.98. The maximum atomic E-state index is 11.9. The Morgan fingerprint density at radius 1 is 1.65 bits per heavy atom. The predicted molar refractivity (Wildman–Crippen MR) is 61.1 cm³/mol. The Bertz CT molecular complexity index is 391. The maximum absolute atomic E-state index is 11.9. The van der Waals surface area contributed by atoms with E-state index in [4.69, 9.17) is 4.52 Å². The van der Waals surface area contributed by atoms with Crippen molar-refractivity contribution in [2.24, 2.45) is 5.92 Å².